The third-order valence-corrected chi connectivity index (χ3v) is 2.92. The van der Waals surface area contributed by atoms with Gasteiger partial charge in [0.05, 0.1) is 19.3 Å². The van der Waals surface area contributed by atoms with Crippen LogP contribution in [0.4, 0.5) is 0 Å². The summed E-state index contributed by atoms with van der Waals surface area (Å²) in [6.45, 7) is 1.45. The van der Waals surface area contributed by atoms with Crippen molar-refractivity contribution in [2.75, 3.05) is 13.2 Å². The van der Waals surface area contributed by atoms with Gasteiger partial charge in [-0.3, -0.25) is 0 Å². The van der Waals surface area contributed by atoms with Crippen LogP contribution in [0.3, 0.4) is 0 Å². The lowest BCUT2D eigenvalue weighted by atomic mass is 10.2. The molecule has 0 saturated heterocycles. The van der Waals surface area contributed by atoms with Gasteiger partial charge in [-0.2, -0.15) is 0 Å². The minimum Gasteiger partial charge on any atom is -0.389 e. The fraction of sp³-hybridized carbons (Fsp3) is 0.538. The van der Waals surface area contributed by atoms with E-state index in [1.54, 1.807) is 0 Å². The van der Waals surface area contributed by atoms with Gasteiger partial charge < -0.3 is 15.2 Å². The van der Waals surface area contributed by atoms with Crippen LogP contribution in [0.5, 0.6) is 0 Å². The van der Waals surface area contributed by atoms with E-state index in [2.05, 4.69) is 5.32 Å². The second kappa shape index (κ2) is 6.36. The summed E-state index contributed by atoms with van der Waals surface area (Å²) in [5.74, 6) is 0. The molecule has 1 aliphatic carbocycles. The van der Waals surface area contributed by atoms with Gasteiger partial charge in [-0.1, -0.05) is 23.7 Å². The van der Waals surface area contributed by atoms with Crippen LogP contribution in [0.2, 0.25) is 5.02 Å². The highest BCUT2D eigenvalue weighted by atomic mass is 35.5. The Kier molecular flexibility index (Phi) is 4.80. The minimum absolute atomic E-state index is 0.353. The Hall–Kier alpha value is -0.610. The zero-order valence-electron chi connectivity index (χ0n) is 9.73. The van der Waals surface area contributed by atoms with Crippen molar-refractivity contribution in [2.24, 2.45) is 0 Å². The van der Waals surface area contributed by atoms with Gasteiger partial charge in [0.15, 0.2) is 0 Å². The molecule has 1 saturated carbocycles. The first-order valence-electron chi connectivity index (χ1n) is 5.97. The van der Waals surface area contributed by atoms with E-state index in [-0.39, 0.29) is 0 Å². The third kappa shape index (κ3) is 5.04. The number of aliphatic hydroxyl groups is 1. The summed E-state index contributed by atoms with van der Waals surface area (Å²) < 4.78 is 5.44. The van der Waals surface area contributed by atoms with Gasteiger partial charge in [0.2, 0.25) is 0 Å². The highest BCUT2D eigenvalue weighted by Gasteiger charge is 2.21. The second-order valence-corrected chi connectivity index (χ2v) is 4.92. The molecule has 0 radical (unpaired) electrons. The van der Waals surface area contributed by atoms with Crippen molar-refractivity contribution in [3.05, 3.63) is 34.9 Å². The highest BCUT2D eigenvalue weighted by Crippen LogP contribution is 2.18. The molecule has 3 nitrogen and oxygen atoms in total. The maximum Gasteiger partial charge on any atom is 0.0897 e. The lowest BCUT2D eigenvalue weighted by Crippen LogP contribution is -2.31. The lowest BCUT2D eigenvalue weighted by Gasteiger charge is -2.12. The quantitative estimate of drug-likeness (QED) is 0.783. The summed E-state index contributed by atoms with van der Waals surface area (Å²) in [6, 6.07) is 8.18. The molecule has 2 rings (SSSR count). The number of rotatable bonds is 7. The first kappa shape index (κ1) is 12.8. The van der Waals surface area contributed by atoms with E-state index >= 15 is 0 Å². The molecule has 1 unspecified atom stereocenters. The largest absolute Gasteiger partial charge is 0.389 e. The molecule has 0 amide bonds. The van der Waals surface area contributed by atoms with Crippen LogP contribution < -0.4 is 5.32 Å². The topological polar surface area (TPSA) is 41.5 Å². The molecule has 0 heterocycles. The Morgan fingerprint density at radius 1 is 1.47 bits per heavy atom. The van der Waals surface area contributed by atoms with Gasteiger partial charge in [0, 0.05) is 17.6 Å². The van der Waals surface area contributed by atoms with Crippen molar-refractivity contribution in [1.29, 1.82) is 0 Å². The summed E-state index contributed by atoms with van der Waals surface area (Å²) in [5, 5.41) is 13.6. The number of benzene rings is 1. The number of halogens is 1. The minimum atomic E-state index is -0.435. The molecule has 1 fully saturated rings. The SMILES string of the molecule is OC(CNC1CC1)COCc1cccc(Cl)c1. The molecule has 2 N–H and O–H groups in total. The Bertz CT molecular complexity index is 355. The summed E-state index contributed by atoms with van der Waals surface area (Å²) in [5.41, 5.74) is 1.03. The van der Waals surface area contributed by atoms with Crippen molar-refractivity contribution >= 4 is 11.6 Å². The van der Waals surface area contributed by atoms with Gasteiger partial charge in [-0.05, 0) is 30.5 Å². The summed E-state index contributed by atoms with van der Waals surface area (Å²) in [4.78, 5) is 0. The first-order chi connectivity index (χ1) is 8.24. The van der Waals surface area contributed by atoms with Crippen LogP contribution in [0, 0.1) is 0 Å². The van der Waals surface area contributed by atoms with E-state index in [1.807, 2.05) is 24.3 Å². The first-order valence-corrected chi connectivity index (χ1v) is 6.35. The molecule has 1 aliphatic rings. The number of aliphatic hydroxyl groups excluding tert-OH is 1. The number of nitrogens with one attached hydrogen (secondary N) is 1. The molecule has 0 bridgehead atoms. The molecule has 17 heavy (non-hydrogen) atoms. The normalized spacial score (nSPS) is 17.1. The van der Waals surface area contributed by atoms with Crippen LogP contribution in [0.1, 0.15) is 18.4 Å². The summed E-state index contributed by atoms with van der Waals surface area (Å²) >= 11 is 5.86. The summed E-state index contributed by atoms with van der Waals surface area (Å²) in [6.07, 6.45) is 2.03. The molecular formula is C13H18ClNO2. The smallest absolute Gasteiger partial charge is 0.0897 e. The van der Waals surface area contributed by atoms with Gasteiger partial charge in [0.25, 0.3) is 0 Å². The van der Waals surface area contributed by atoms with Crippen molar-refractivity contribution in [3.63, 3.8) is 0 Å². The molecular weight excluding hydrogens is 238 g/mol. The van der Waals surface area contributed by atoms with Crippen LogP contribution in [0.25, 0.3) is 0 Å². The number of hydrogen-bond donors (Lipinski definition) is 2. The van der Waals surface area contributed by atoms with Crippen LogP contribution in [-0.4, -0.2) is 30.4 Å². The molecule has 1 aromatic rings. The van der Waals surface area contributed by atoms with Crippen LogP contribution in [0.15, 0.2) is 24.3 Å². The van der Waals surface area contributed by atoms with Gasteiger partial charge in [-0.15, -0.1) is 0 Å². The predicted octanol–water partition coefficient (Wildman–Crippen LogP) is 1.97. The van der Waals surface area contributed by atoms with E-state index in [1.165, 1.54) is 12.8 Å². The van der Waals surface area contributed by atoms with Crippen LogP contribution >= 0.6 is 11.6 Å². The van der Waals surface area contributed by atoms with Gasteiger partial charge in [0.1, 0.15) is 0 Å². The fourth-order valence-electron chi connectivity index (χ4n) is 1.59. The maximum absolute atomic E-state index is 9.64. The van der Waals surface area contributed by atoms with E-state index < -0.39 is 6.10 Å². The van der Waals surface area contributed by atoms with Crippen LogP contribution in [-0.2, 0) is 11.3 Å². The average Bonchev–Trinajstić information content (AvgIpc) is 3.10. The monoisotopic (exact) mass is 255 g/mol. The molecule has 94 valence electrons. The standard InChI is InChI=1S/C13H18ClNO2/c14-11-3-1-2-10(6-11)8-17-9-13(16)7-15-12-4-5-12/h1-3,6,12-13,15-16H,4-5,7-9H2. The van der Waals surface area contributed by atoms with E-state index in [4.69, 9.17) is 16.3 Å². The Labute approximate surface area is 107 Å². The Balaban J connectivity index is 1.61. The molecule has 4 heteroatoms. The van der Waals surface area contributed by atoms with Crippen molar-refractivity contribution in [1.82, 2.24) is 5.32 Å². The van der Waals surface area contributed by atoms with Crippen molar-refractivity contribution in [3.8, 4) is 0 Å². The third-order valence-electron chi connectivity index (χ3n) is 2.69. The Morgan fingerprint density at radius 2 is 2.29 bits per heavy atom. The predicted molar refractivity (Wildman–Crippen MR) is 68.1 cm³/mol. The Morgan fingerprint density at radius 3 is 3.00 bits per heavy atom. The molecule has 1 atom stereocenters. The number of ether oxygens (including phenoxy) is 1. The maximum atomic E-state index is 9.64. The fourth-order valence-corrected chi connectivity index (χ4v) is 1.80. The summed E-state index contributed by atoms with van der Waals surface area (Å²) in [7, 11) is 0. The van der Waals surface area contributed by atoms with Crippen molar-refractivity contribution < 1.29 is 9.84 Å². The lowest BCUT2D eigenvalue weighted by molar-refractivity contribution is 0.0287. The molecule has 0 aromatic heterocycles. The number of hydrogen-bond acceptors (Lipinski definition) is 3. The zero-order valence-corrected chi connectivity index (χ0v) is 10.5. The van der Waals surface area contributed by atoms with E-state index in [9.17, 15) is 5.11 Å². The van der Waals surface area contributed by atoms with Gasteiger partial charge >= 0.3 is 0 Å². The molecule has 0 aliphatic heterocycles. The molecule has 0 spiro atoms. The van der Waals surface area contributed by atoms with Crippen molar-refractivity contribution in [2.45, 2.75) is 31.6 Å². The average molecular weight is 256 g/mol. The van der Waals surface area contributed by atoms with E-state index in [0.717, 1.165) is 5.56 Å². The molecule has 1 aromatic carbocycles. The van der Waals surface area contributed by atoms with Gasteiger partial charge in [-0.25, -0.2) is 0 Å². The highest BCUT2D eigenvalue weighted by molar-refractivity contribution is 6.30. The van der Waals surface area contributed by atoms with E-state index in [0.29, 0.717) is 30.8 Å². The zero-order chi connectivity index (χ0) is 12.1. The second-order valence-electron chi connectivity index (χ2n) is 4.48.